The van der Waals surface area contributed by atoms with Crippen molar-refractivity contribution in [2.24, 2.45) is 0 Å². The second-order valence-electron chi connectivity index (χ2n) is 3.22. The monoisotopic (exact) mass is 282 g/mol. The lowest BCUT2D eigenvalue weighted by atomic mass is 10.2. The van der Waals surface area contributed by atoms with E-state index in [1.54, 1.807) is 0 Å². The number of alkyl halides is 3. The van der Waals surface area contributed by atoms with Crippen molar-refractivity contribution in [3.63, 3.8) is 0 Å². The van der Waals surface area contributed by atoms with E-state index in [4.69, 9.17) is 39.5 Å². The maximum Gasteiger partial charge on any atom is 0.180 e. The zero-order valence-corrected chi connectivity index (χ0v) is 11.6. The first-order chi connectivity index (χ1) is 7.63. The van der Waals surface area contributed by atoms with Crippen LogP contribution in [0.15, 0.2) is 30.3 Å². The molecule has 0 aromatic heterocycles. The summed E-state index contributed by atoms with van der Waals surface area (Å²) in [5.74, 6) is 0. The van der Waals surface area contributed by atoms with E-state index in [9.17, 15) is 0 Å². The van der Waals surface area contributed by atoms with E-state index in [-0.39, 0.29) is 0 Å². The van der Waals surface area contributed by atoms with Crippen molar-refractivity contribution in [2.45, 2.75) is 24.1 Å². The molecule has 0 amide bonds. The predicted octanol–water partition coefficient (Wildman–Crippen LogP) is 4.78. The first-order valence-corrected chi connectivity index (χ1v) is 6.45. The molecule has 0 saturated carbocycles. The van der Waals surface area contributed by atoms with Gasteiger partial charge in [0.2, 0.25) is 0 Å². The summed E-state index contributed by atoms with van der Waals surface area (Å²) >= 11 is 14.4. The van der Waals surface area contributed by atoms with Crippen LogP contribution in [-0.2, 0) is 4.74 Å². The van der Waals surface area contributed by atoms with Crippen molar-refractivity contribution in [2.75, 3.05) is 13.2 Å². The van der Waals surface area contributed by atoms with Gasteiger partial charge in [0.05, 0.1) is 0 Å². The Balaban J connectivity index is 0.000000222. The molecule has 0 radical (unpaired) electrons. The third kappa shape index (κ3) is 14.1. The molecule has 1 heterocycles. The highest BCUT2D eigenvalue weighted by Gasteiger charge is 1.94. The standard InChI is InChI=1S/C7H8.C4H8O.CHCl3/c1-7-5-3-2-4-6-7;1-2-4-5-3-1;2-1(3)4/h2-6H,1H3;1-4H2;1H. The molecule has 1 nitrogen and oxygen atoms in total. The van der Waals surface area contributed by atoms with Crippen molar-refractivity contribution in [1.29, 1.82) is 0 Å². The molecule has 1 aliphatic heterocycles. The Morgan fingerprint density at radius 1 is 1.00 bits per heavy atom. The molecule has 1 fully saturated rings. The van der Waals surface area contributed by atoms with Gasteiger partial charge in [-0.2, -0.15) is 0 Å². The molecule has 1 saturated heterocycles. The minimum Gasteiger partial charge on any atom is -0.381 e. The first kappa shape index (κ1) is 16.1. The van der Waals surface area contributed by atoms with Crippen LogP contribution in [0.5, 0.6) is 0 Å². The molecule has 16 heavy (non-hydrogen) atoms. The predicted molar refractivity (Wildman–Crippen MR) is 72.6 cm³/mol. The van der Waals surface area contributed by atoms with E-state index in [1.165, 1.54) is 18.4 Å². The van der Waals surface area contributed by atoms with Gasteiger partial charge in [-0.05, 0) is 19.8 Å². The molecule has 1 aromatic rings. The van der Waals surface area contributed by atoms with Crippen molar-refractivity contribution in [3.8, 4) is 0 Å². The van der Waals surface area contributed by atoms with Crippen molar-refractivity contribution in [3.05, 3.63) is 35.9 Å². The number of halogens is 3. The Bertz CT molecular complexity index is 225. The normalized spacial score (nSPS) is 13.6. The van der Waals surface area contributed by atoms with Crippen LogP contribution in [0.25, 0.3) is 0 Å². The van der Waals surface area contributed by atoms with E-state index >= 15 is 0 Å². The SMILES string of the molecule is C1CCOC1.Cc1ccccc1.ClC(Cl)Cl. The highest BCUT2D eigenvalue weighted by atomic mass is 35.6. The maximum atomic E-state index is 4.94. The van der Waals surface area contributed by atoms with Crippen LogP contribution in [-0.4, -0.2) is 17.5 Å². The minimum atomic E-state index is -0.750. The molecule has 4 heteroatoms. The summed E-state index contributed by atoms with van der Waals surface area (Å²) in [7, 11) is 0. The van der Waals surface area contributed by atoms with Gasteiger partial charge in [-0.3, -0.25) is 0 Å². The highest BCUT2D eigenvalue weighted by Crippen LogP contribution is 2.03. The quantitative estimate of drug-likeness (QED) is 0.623. The molecule has 2 rings (SSSR count). The van der Waals surface area contributed by atoms with Crippen LogP contribution < -0.4 is 0 Å². The lowest BCUT2D eigenvalue weighted by molar-refractivity contribution is 0.198. The van der Waals surface area contributed by atoms with Crippen molar-refractivity contribution >= 4 is 34.8 Å². The zero-order valence-electron chi connectivity index (χ0n) is 9.33. The Morgan fingerprint density at radius 3 is 1.62 bits per heavy atom. The zero-order chi connectivity index (χ0) is 12.2. The van der Waals surface area contributed by atoms with Gasteiger partial charge in [0.1, 0.15) is 0 Å². The summed E-state index contributed by atoms with van der Waals surface area (Å²) in [5.41, 5.74) is 1.32. The summed E-state index contributed by atoms with van der Waals surface area (Å²) in [5, 5.41) is 0. The fraction of sp³-hybridized carbons (Fsp3) is 0.500. The number of aryl methyl sites for hydroxylation is 1. The smallest absolute Gasteiger partial charge is 0.180 e. The van der Waals surface area contributed by atoms with E-state index in [0.29, 0.717) is 0 Å². The van der Waals surface area contributed by atoms with Gasteiger partial charge >= 0.3 is 0 Å². The third-order valence-electron chi connectivity index (χ3n) is 1.77. The summed E-state index contributed by atoms with van der Waals surface area (Å²) in [6, 6.07) is 10.3. The van der Waals surface area contributed by atoms with Gasteiger partial charge in [0.25, 0.3) is 0 Å². The van der Waals surface area contributed by atoms with E-state index < -0.39 is 4.30 Å². The second kappa shape index (κ2) is 11.5. The van der Waals surface area contributed by atoms with Crippen LogP contribution in [0.4, 0.5) is 0 Å². The number of hydrogen-bond donors (Lipinski definition) is 0. The van der Waals surface area contributed by atoms with Gasteiger partial charge in [0.15, 0.2) is 4.30 Å². The number of ether oxygens (including phenoxy) is 1. The second-order valence-corrected chi connectivity index (χ2v) is 5.20. The Kier molecular flexibility index (Phi) is 11.6. The lowest BCUT2D eigenvalue weighted by Crippen LogP contribution is -1.74. The summed E-state index contributed by atoms with van der Waals surface area (Å²) in [4.78, 5) is 0. The van der Waals surface area contributed by atoms with Crippen LogP contribution in [0.3, 0.4) is 0 Å². The van der Waals surface area contributed by atoms with Crippen LogP contribution in [0.2, 0.25) is 0 Å². The Morgan fingerprint density at radius 2 is 1.44 bits per heavy atom. The topological polar surface area (TPSA) is 9.23 Å². The maximum absolute atomic E-state index is 4.94. The van der Waals surface area contributed by atoms with Gasteiger partial charge in [-0.1, -0.05) is 70.7 Å². The first-order valence-electron chi connectivity index (χ1n) is 5.14. The molecular weight excluding hydrogens is 266 g/mol. The highest BCUT2D eigenvalue weighted by molar-refractivity contribution is 6.63. The molecule has 0 aliphatic carbocycles. The molecule has 0 bridgehead atoms. The Labute approximate surface area is 113 Å². The summed E-state index contributed by atoms with van der Waals surface area (Å²) in [6.45, 7) is 4.08. The molecule has 0 unspecified atom stereocenters. The van der Waals surface area contributed by atoms with E-state index in [2.05, 4.69) is 19.1 Å². The third-order valence-corrected chi connectivity index (χ3v) is 1.77. The number of benzene rings is 1. The number of hydrogen-bond acceptors (Lipinski definition) is 1. The molecule has 0 N–H and O–H groups in total. The van der Waals surface area contributed by atoms with Gasteiger partial charge in [-0.15, -0.1) is 0 Å². The average molecular weight is 284 g/mol. The fourth-order valence-corrected chi connectivity index (χ4v) is 1.04. The largest absolute Gasteiger partial charge is 0.381 e. The number of rotatable bonds is 0. The van der Waals surface area contributed by atoms with E-state index in [1.807, 2.05) is 18.2 Å². The van der Waals surface area contributed by atoms with Gasteiger partial charge < -0.3 is 4.74 Å². The molecule has 0 atom stereocenters. The Hall–Kier alpha value is 0.0500. The van der Waals surface area contributed by atoms with Crippen molar-refractivity contribution < 1.29 is 4.74 Å². The van der Waals surface area contributed by atoms with Crippen LogP contribution >= 0.6 is 34.8 Å². The lowest BCUT2D eigenvalue weighted by Gasteiger charge is -1.82. The molecule has 0 spiro atoms. The summed E-state index contributed by atoms with van der Waals surface area (Å²) in [6.07, 6.45) is 2.56. The molecule has 1 aromatic carbocycles. The van der Waals surface area contributed by atoms with E-state index in [0.717, 1.165) is 13.2 Å². The minimum absolute atomic E-state index is 0.750. The molecule has 1 aliphatic rings. The van der Waals surface area contributed by atoms with Crippen LogP contribution in [0, 0.1) is 6.92 Å². The molecular formula is C12H17Cl3O. The fourth-order valence-electron chi connectivity index (χ4n) is 1.04. The summed E-state index contributed by atoms with van der Waals surface area (Å²) < 4.78 is 4.19. The molecule has 92 valence electrons. The van der Waals surface area contributed by atoms with Crippen LogP contribution in [0.1, 0.15) is 18.4 Å². The van der Waals surface area contributed by atoms with Gasteiger partial charge in [0, 0.05) is 13.2 Å². The van der Waals surface area contributed by atoms with Crippen molar-refractivity contribution in [1.82, 2.24) is 0 Å². The van der Waals surface area contributed by atoms with Gasteiger partial charge in [-0.25, -0.2) is 0 Å². The average Bonchev–Trinajstić information content (AvgIpc) is 2.75.